The van der Waals surface area contributed by atoms with Gasteiger partial charge in [-0.25, -0.2) is 0 Å². The van der Waals surface area contributed by atoms with Gasteiger partial charge in [0.2, 0.25) is 0 Å². The molecule has 4 N–H and O–H groups in total. The van der Waals surface area contributed by atoms with Crippen LogP contribution in [0.1, 0.15) is 46.9 Å². The Kier molecular flexibility index (Phi) is 4.16. The fourth-order valence-electron chi connectivity index (χ4n) is 5.05. The van der Waals surface area contributed by atoms with E-state index in [1.807, 2.05) is 44.2 Å². The lowest BCUT2D eigenvalue weighted by molar-refractivity contribution is 0.186. The van der Waals surface area contributed by atoms with E-state index in [0.717, 1.165) is 46.9 Å². The molecule has 29 heavy (non-hydrogen) atoms. The third-order valence-electron chi connectivity index (χ3n) is 6.09. The maximum atomic E-state index is 6.46. The van der Waals surface area contributed by atoms with Gasteiger partial charge in [-0.1, -0.05) is 6.07 Å². The number of benzene rings is 3. The lowest BCUT2D eigenvalue weighted by Gasteiger charge is -2.19. The molecule has 3 aromatic carbocycles. The third kappa shape index (κ3) is 3.29. The van der Waals surface area contributed by atoms with Gasteiger partial charge in [0.15, 0.2) is 0 Å². The summed E-state index contributed by atoms with van der Waals surface area (Å²) in [5, 5.41) is 0. The van der Waals surface area contributed by atoms with E-state index in [9.17, 15) is 0 Å². The van der Waals surface area contributed by atoms with Crippen molar-refractivity contribution in [3.05, 3.63) is 76.9 Å². The first kappa shape index (κ1) is 17.9. The Bertz CT molecular complexity index is 1050. The fraction of sp³-hybridized carbons (Fsp3) is 0.280. The van der Waals surface area contributed by atoms with Gasteiger partial charge in [-0.2, -0.15) is 0 Å². The smallest absolute Gasteiger partial charge is 0.129 e. The van der Waals surface area contributed by atoms with E-state index in [1.165, 1.54) is 11.1 Å². The summed E-state index contributed by atoms with van der Waals surface area (Å²) < 4.78 is 12.6. The van der Waals surface area contributed by atoms with Gasteiger partial charge >= 0.3 is 0 Å². The maximum Gasteiger partial charge on any atom is 0.129 e. The second-order valence-corrected chi connectivity index (χ2v) is 8.42. The molecule has 1 fully saturated rings. The average molecular weight is 386 g/mol. The van der Waals surface area contributed by atoms with Crippen molar-refractivity contribution in [2.24, 2.45) is 0 Å². The molecule has 0 spiro atoms. The van der Waals surface area contributed by atoms with Crippen molar-refractivity contribution in [3.8, 4) is 17.2 Å². The van der Waals surface area contributed by atoms with Crippen molar-refractivity contribution in [2.45, 2.75) is 44.6 Å². The van der Waals surface area contributed by atoms with Crippen LogP contribution < -0.4 is 20.9 Å². The minimum absolute atomic E-state index is 0.163. The largest absolute Gasteiger partial charge is 0.489 e. The van der Waals surface area contributed by atoms with E-state index in [4.69, 9.17) is 20.9 Å². The Morgan fingerprint density at radius 2 is 1.31 bits per heavy atom. The van der Waals surface area contributed by atoms with Gasteiger partial charge in [0.25, 0.3) is 0 Å². The molecule has 5 rings (SSSR count). The summed E-state index contributed by atoms with van der Waals surface area (Å²) in [5.74, 6) is 3.31. The molecule has 0 radical (unpaired) electrons. The molecule has 3 unspecified atom stereocenters. The zero-order valence-corrected chi connectivity index (χ0v) is 16.8. The molecule has 4 heteroatoms. The van der Waals surface area contributed by atoms with Crippen LogP contribution in [-0.4, -0.2) is 6.10 Å². The average Bonchev–Trinajstić information content (AvgIpc) is 3.15. The third-order valence-corrected chi connectivity index (χ3v) is 6.09. The Morgan fingerprint density at radius 3 is 2.00 bits per heavy atom. The highest BCUT2D eigenvalue weighted by Crippen LogP contribution is 2.55. The maximum absolute atomic E-state index is 6.46. The number of ether oxygens (including phenoxy) is 2. The van der Waals surface area contributed by atoms with Gasteiger partial charge in [0.1, 0.15) is 23.4 Å². The molecule has 148 valence electrons. The lowest BCUT2D eigenvalue weighted by atomic mass is 9.92. The lowest BCUT2D eigenvalue weighted by Crippen LogP contribution is -2.19. The van der Waals surface area contributed by atoms with Gasteiger partial charge in [0, 0.05) is 35.3 Å². The van der Waals surface area contributed by atoms with E-state index in [2.05, 4.69) is 24.3 Å². The summed E-state index contributed by atoms with van der Waals surface area (Å²) in [5.41, 5.74) is 18.4. The zero-order valence-electron chi connectivity index (χ0n) is 16.8. The van der Waals surface area contributed by atoms with Crippen molar-refractivity contribution < 1.29 is 9.47 Å². The first-order valence-electron chi connectivity index (χ1n) is 10.2. The molecule has 2 aliphatic rings. The second-order valence-electron chi connectivity index (χ2n) is 8.42. The van der Waals surface area contributed by atoms with Crippen molar-refractivity contribution in [1.82, 2.24) is 0 Å². The van der Waals surface area contributed by atoms with Gasteiger partial charge < -0.3 is 20.9 Å². The first-order valence-corrected chi connectivity index (χ1v) is 10.2. The number of nitrogens with two attached hydrogens (primary N) is 2. The predicted molar refractivity (Wildman–Crippen MR) is 117 cm³/mol. The Labute approximate surface area is 171 Å². The van der Waals surface area contributed by atoms with E-state index in [-0.39, 0.29) is 6.10 Å². The Balaban J connectivity index is 1.40. The molecule has 0 aromatic heterocycles. The number of fused-ring (bicyclic) bond motifs is 5. The summed E-state index contributed by atoms with van der Waals surface area (Å²) in [6.07, 6.45) is 2.47. The summed E-state index contributed by atoms with van der Waals surface area (Å²) in [6.45, 7) is 4.06. The van der Waals surface area contributed by atoms with E-state index in [1.54, 1.807) is 0 Å². The summed E-state index contributed by atoms with van der Waals surface area (Å²) in [4.78, 5) is 0. The quantitative estimate of drug-likeness (QED) is 0.566. The van der Waals surface area contributed by atoms with E-state index < -0.39 is 0 Å². The number of rotatable bonds is 4. The number of hydrogen-bond acceptors (Lipinski definition) is 4. The van der Waals surface area contributed by atoms with Crippen LogP contribution >= 0.6 is 0 Å². The highest BCUT2D eigenvalue weighted by molar-refractivity contribution is 5.52. The number of anilines is 2. The predicted octanol–water partition coefficient (Wildman–Crippen LogP) is 5.68. The molecule has 1 saturated carbocycles. The monoisotopic (exact) mass is 386 g/mol. The van der Waals surface area contributed by atoms with Gasteiger partial charge in [0.05, 0.1) is 0 Å². The highest BCUT2D eigenvalue weighted by Gasteiger charge is 2.47. The minimum Gasteiger partial charge on any atom is -0.489 e. The van der Waals surface area contributed by atoms with Crippen molar-refractivity contribution in [2.75, 3.05) is 11.5 Å². The molecule has 3 atom stereocenters. The minimum atomic E-state index is 0.163. The Hall–Kier alpha value is -3.14. The molecule has 4 nitrogen and oxygen atoms in total. The molecular formula is C25H26N2O2. The summed E-state index contributed by atoms with van der Waals surface area (Å²) >= 11 is 0. The topological polar surface area (TPSA) is 70.5 Å². The molecule has 2 bridgehead atoms. The molecular weight excluding hydrogens is 360 g/mol. The Morgan fingerprint density at radius 1 is 0.690 bits per heavy atom. The van der Waals surface area contributed by atoms with Crippen LogP contribution in [0.3, 0.4) is 0 Å². The molecule has 2 aliphatic carbocycles. The number of nitrogen functional groups attached to an aromatic ring is 2. The second kappa shape index (κ2) is 6.73. The van der Waals surface area contributed by atoms with Crippen LogP contribution in [0, 0.1) is 13.8 Å². The standard InChI is InChI=1S/C25H26N2O2/c1-14-7-16(26)11-19(9-14)28-18-3-4-21-22-5-6-23(24(21)13-18)25(22)29-20-10-15(2)8-17(27)12-20/h3-4,7-13,22-23,25H,5-6,26-27H2,1-2H3. The highest BCUT2D eigenvalue weighted by atomic mass is 16.5. The summed E-state index contributed by atoms with van der Waals surface area (Å²) in [7, 11) is 0. The van der Waals surface area contributed by atoms with Crippen LogP contribution in [0.25, 0.3) is 0 Å². The molecule has 0 amide bonds. The van der Waals surface area contributed by atoms with E-state index >= 15 is 0 Å². The van der Waals surface area contributed by atoms with Gasteiger partial charge in [-0.05, 0) is 85.3 Å². The molecule has 0 heterocycles. The van der Waals surface area contributed by atoms with Crippen molar-refractivity contribution in [3.63, 3.8) is 0 Å². The van der Waals surface area contributed by atoms with Crippen LogP contribution in [0.4, 0.5) is 11.4 Å². The number of aryl methyl sites for hydroxylation is 2. The van der Waals surface area contributed by atoms with Crippen LogP contribution in [0.15, 0.2) is 54.6 Å². The normalized spacial score (nSPS) is 21.8. The summed E-state index contributed by atoms with van der Waals surface area (Å²) in [6, 6.07) is 18.2. The molecule has 0 aliphatic heterocycles. The van der Waals surface area contributed by atoms with Gasteiger partial charge in [-0.3, -0.25) is 0 Å². The zero-order chi connectivity index (χ0) is 20.1. The van der Waals surface area contributed by atoms with Crippen LogP contribution in [0.2, 0.25) is 0 Å². The van der Waals surface area contributed by atoms with E-state index in [0.29, 0.717) is 17.5 Å². The van der Waals surface area contributed by atoms with Crippen molar-refractivity contribution in [1.29, 1.82) is 0 Å². The van der Waals surface area contributed by atoms with Crippen LogP contribution in [-0.2, 0) is 0 Å². The molecule has 0 saturated heterocycles. The SMILES string of the molecule is Cc1cc(N)cc(Oc2ccc3c(c2)C2CCC3C2Oc2cc(C)cc(N)c2)c1. The van der Waals surface area contributed by atoms with Crippen molar-refractivity contribution >= 4 is 11.4 Å². The fourth-order valence-corrected chi connectivity index (χ4v) is 5.05. The van der Waals surface area contributed by atoms with Crippen LogP contribution in [0.5, 0.6) is 17.2 Å². The molecule has 3 aromatic rings. The van der Waals surface area contributed by atoms with Gasteiger partial charge in [-0.15, -0.1) is 0 Å². The first-order chi connectivity index (χ1) is 14.0. The number of hydrogen-bond donors (Lipinski definition) is 2.